The molecule has 3 rings (SSSR count). The lowest BCUT2D eigenvalue weighted by molar-refractivity contribution is -0.277. The van der Waals surface area contributed by atoms with Gasteiger partial charge in [-0.3, -0.25) is 14.4 Å². The number of thiophene rings is 1. The quantitative estimate of drug-likeness (QED) is 0.604. The van der Waals surface area contributed by atoms with Crippen LogP contribution < -0.4 is 0 Å². The SMILES string of the molecule is COC(=O)C1(C(=O)OC)C[C@H](c2cccs2)ON(C)[C@@H]1c1ccccc1. The first kappa shape index (κ1) is 18.6. The van der Waals surface area contributed by atoms with Crippen LogP contribution >= 0.6 is 11.3 Å². The lowest BCUT2D eigenvalue weighted by atomic mass is 9.71. The summed E-state index contributed by atoms with van der Waals surface area (Å²) in [6.45, 7) is 0. The van der Waals surface area contributed by atoms with Crippen LogP contribution in [0.3, 0.4) is 0 Å². The fraction of sp³-hybridized carbons (Fsp3) is 0.368. The third-order valence-corrected chi connectivity index (χ3v) is 5.67. The summed E-state index contributed by atoms with van der Waals surface area (Å²) in [4.78, 5) is 32.9. The smallest absolute Gasteiger partial charge is 0.325 e. The normalized spacial score (nSPS) is 22.6. The highest BCUT2D eigenvalue weighted by molar-refractivity contribution is 7.10. The number of hydrogen-bond acceptors (Lipinski definition) is 7. The Hall–Kier alpha value is -2.22. The van der Waals surface area contributed by atoms with Crippen molar-refractivity contribution in [3.05, 3.63) is 58.3 Å². The third-order valence-electron chi connectivity index (χ3n) is 4.71. The molecule has 2 heterocycles. The largest absolute Gasteiger partial charge is 0.468 e. The molecule has 0 amide bonds. The molecule has 0 bridgehead atoms. The number of rotatable bonds is 4. The van der Waals surface area contributed by atoms with Crippen molar-refractivity contribution in [3.63, 3.8) is 0 Å². The Bertz CT molecular complexity index is 746. The minimum absolute atomic E-state index is 0.136. The monoisotopic (exact) mass is 375 g/mol. The van der Waals surface area contributed by atoms with Crippen LogP contribution in [0.1, 0.15) is 29.0 Å². The van der Waals surface area contributed by atoms with Crippen molar-refractivity contribution >= 4 is 23.3 Å². The van der Waals surface area contributed by atoms with Crippen LogP contribution in [0.15, 0.2) is 47.8 Å². The van der Waals surface area contributed by atoms with Crippen molar-refractivity contribution < 1.29 is 23.9 Å². The molecule has 2 aromatic rings. The molecule has 0 aliphatic carbocycles. The first-order valence-corrected chi connectivity index (χ1v) is 9.07. The second-order valence-electron chi connectivity index (χ2n) is 6.13. The van der Waals surface area contributed by atoms with Gasteiger partial charge in [0, 0.05) is 18.3 Å². The molecule has 6 nitrogen and oxygen atoms in total. The molecule has 7 heteroatoms. The molecule has 1 aliphatic heterocycles. The van der Waals surface area contributed by atoms with Crippen LogP contribution in [0.2, 0.25) is 0 Å². The van der Waals surface area contributed by atoms with E-state index in [2.05, 4.69) is 0 Å². The topological polar surface area (TPSA) is 65.1 Å². The zero-order chi connectivity index (χ0) is 18.7. The van der Waals surface area contributed by atoms with E-state index in [4.69, 9.17) is 14.3 Å². The van der Waals surface area contributed by atoms with E-state index in [1.807, 2.05) is 47.8 Å². The summed E-state index contributed by atoms with van der Waals surface area (Å²) >= 11 is 1.51. The summed E-state index contributed by atoms with van der Waals surface area (Å²) in [6, 6.07) is 12.5. The van der Waals surface area contributed by atoms with E-state index < -0.39 is 29.5 Å². The van der Waals surface area contributed by atoms with Crippen molar-refractivity contribution in [2.75, 3.05) is 21.3 Å². The average Bonchev–Trinajstić information content (AvgIpc) is 3.21. The molecule has 0 spiro atoms. The Kier molecular flexibility index (Phi) is 5.41. The molecule has 2 atom stereocenters. The fourth-order valence-corrected chi connectivity index (χ4v) is 4.36. The second-order valence-corrected chi connectivity index (χ2v) is 7.11. The lowest BCUT2D eigenvalue weighted by Crippen LogP contribution is -2.55. The number of esters is 2. The Balaban J connectivity index is 2.15. The number of benzene rings is 1. The minimum atomic E-state index is -1.54. The van der Waals surface area contributed by atoms with Crippen LogP contribution in [0.25, 0.3) is 0 Å². The van der Waals surface area contributed by atoms with E-state index >= 15 is 0 Å². The lowest BCUT2D eigenvalue weighted by Gasteiger charge is -2.46. The second kappa shape index (κ2) is 7.57. The van der Waals surface area contributed by atoms with Crippen LogP contribution in [-0.4, -0.2) is 38.3 Å². The number of carbonyl (C=O) groups is 2. The van der Waals surface area contributed by atoms with Gasteiger partial charge in [-0.2, -0.15) is 5.06 Å². The maximum atomic E-state index is 12.9. The van der Waals surface area contributed by atoms with Gasteiger partial charge in [-0.1, -0.05) is 36.4 Å². The van der Waals surface area contributed by atoms with Gasteiger partial charge in [-0.25, -0.2) is 0 Å². The predicted molar refractivity (Wildman–Crippen MR) is 96.2 cm³/mol. The van der Waals surface area contributed by atoms with Gasteiger partial charge in [0.15, 0.2) is 5.41 Å². The van der Waals surface area contributed by atoms with Crippen molar-refractivity contribution in [2.24, 2.45) is 5.41 Å². The molecule has 0 N–H and O–H groups in total. The molecular formula is C19H21NO5S. The molecule has 26 heavy (non-hydrogen) atoms. The highest BCUT2D eigenvalue weighted by atomic mass is 32.1. The van der Waals surface area contributed by atoms with Gasteiger partial charge in [0.2, 0.25) is 0 Å². The van der Waals surface area contributed by atoms with E-state index in [0.717, 1.165) is 10.4 Å². The maximum absolute atomic E-state index is 12.9. The average molecular weight is 375 g/mol. The predicted octanol–water partition coefficient (Wildman–Crippen LogP) is 3.13. The summed E-state index contributed by atoms with van der Waals surface area (Å²) in [5.41, 5.74) is -0.762. The summed E-state index contributed by atoms with van der Waals surface area (Å²) in [6.07, 6.45) is -0.310. The Labute approximate surface area is 156 Å². The van der Waals surface area contributed by atoms with Crippen LogP contribution in [0.5, 0.6) is 0 Å². The van der Waals surface area contributed by atoms with Crippen LogP contribution in [0.4, 0.5) is 0 Å². The van der Waals surface area contributed by atoms with Crippen LogP contribution in [0, 0.1) is 5.41 Å². The molecule has 0 radical (unpaired) electrons. The van der Waals surface area contributed by atoms with Crippen LogP contribution in [-0.2, 0) is 23.9 Å². The first-order valence-electron chi connectivity index (χ1n) is 8.19. The summed E-state index contributed by atoms with van der Waals surface area (Å²) < 4.78 is 10.1. The van der Waals surface area contributed by atoms with E-state index in [0.29, 0.717) is 0 Å². The van der Waals surface area contributed by atoms with Crippen molar-refractivity contribution in [2.45, 2.75) is 18.6 Å². The summed E-state index contributed by atoms with van der Waals surface area (Å²) in [5.74, 6) is -1.26. The van der Waals surface area contributed by atoms with E-state index in [1.54, 1.807) is 12.1 Å². The minimum Gasteiger partial charge on any atom is -0.468 e. The highest BCUT2D eigenvalue weighted by Crippen LogP contribution is 2.52. The van der Waals surface area contributed by atoms with Gasteiger partial charge in [0.1, 0.15) is 6.10 Å². The molecule has 0 saturated carbocycles. The van der Waals surface area contributed by atoms with Gasteiger partial charge in [-0.15, -0.1) is 11.3 Å². The standard InChI is InChI=1S/C19H21NO5S/c1-20-16(13-8-5-4-6-9-13)19(17(21)23-2,18(22)24-3)12-14(25-20)15-10-7-11-26-15/h4-11,14,16H,12H2,1-3H3/t14-,16-/m1/s1. The van der Waals surface area contributed by atoms with Crippen molar-refractivity contribution in [1.29, 1.82) is 0 Å². The van der Waals surface area contributed by atoms with Crippen molar-refractivity contribution in [3.8, 4) is 0 Å². The number of carbonyl (C=O) groups excluding carboxylic acids is 2. The molecular weight excluding hydrogens is 354 g/mol. The van der Waals surface area contributed by atoms with Gasteiger partial charge in [-0.05, 0) is 17.0 Å². The van der Waals surface area contributed by atoms with E-state index in [9.17, 15) is 9.59 Å². The molecule has 1 saturated heterocycles. The molecule has 1 fully saturated rings. The molecule has 138 valence electrons. The molecule has 1 aromatic heterocycles. The Morgan fingerprint density at radius 2 is 1.77 bits per heavy atom. The van der Waals surface area contributed by atoms with E-state index in [-0.39, 0.29) is 6.42 Å². The van der Waals surface area contributed by atoms with Gasteiger partial charge < -0.3 is 9.47 Å². The summed E-state index contributed by atoms with van der Waals surface area (Å²) in [7, 11) is 4.29. The maximum Gasteiger partial charge on any atom is 0.325 e. The van der Waals surface area contributed by atoms with Crippen molar-refractivity contribution in [1.82, 2.24) is 5.06 Å². The third kappa shape index (κ3) is 3.02. The van der Waals surface area contributed by atoms with Gasteiger partial charge in [0.05, 0.1) is 20.3 Å². The number of ether oxygens (including phenoxy) is 2. The Morgan fingerprint density at radius 3 is 2.31 bits per heavy atom. The molecule has 0 unspecified atom stereocenters. The highest BCUT2D eigenvalue weighted by Gasteiger charge is 2.61. The molecule has 1 aliphatic rings. The number of methoxy groups -OCH3 is 2. The molecule has 1 aromatic carbocycles. The number of nitrogens with zero attached hydrogens (tertiary/aromatic N) is 1. The number of hydroxylamine groups is 2. The fourth-order valence-electron chi connectivity index (χ4n) is 3.61. The van der Waals surface area contributed by atoms with E-state index in [1.165, 1.54) is 25.6 Å². The number of hydrogen-bond donors (Lipinski definition) is 0. The van der Waals surface area contributed by atoms with Gasteiger partial charge >= 0.3 is 11.9 Å². The zero-order valence-electron chi connectivity index (χ0n) is 14.9. The Morgan fingerprint density at radius 1 is 1.12 bits per heavy atom. The van der Waals surface area contributed by atoms with Gasteiger partial charge in [0.25, 0.3) is 0 Å². The summed E-state index contributed by atoms with van der Waals surface area (Å²) in [5, 5.41) is 3.50. The first-order chi connectivity index (χ1) is 12.5. The zero-order valence-corrected chi connectivity index (χ0v) is 15.7.